The number of nitrogens with zero attached hydrogens (tertiary/aromatic N) is 1. The molecule has 3 aromatic rings. The molecule has 3 aromatic carbocycles. The summed E-state index contributed by atoms with van der Waals surface area (Å²) in [6, 6.07) is 27.8. The number of benzene rings is 3. The maximum absolute atomic E-state index is 13.4. The summed E-state index contributed by atoms with van der Waals surface area (Å²) in [4.78, 5) is 28.2. The van der Waals surface area contributed by atoms with Crippen LogP contribution in [0.1, 0.15) is 52.6 Å². The van der Waals surface area contributed by atoms with E-state index in [0.717, 1.165) is 22.4 Å². The number of imide groups is 1. The van der Waals surface area contributed by atoms with Crippen LogP contribution in [0.4, 0.5) is 0 Å². The molecule has 42 heavy (non-hydrogen) atoms. The van der Waals surface area contributed by atoms with Crippen LogP contribution in [0.15, 0.2) is 84.9 Å². The molecular formula is C33H28CrNO6P+. The molecule has 9 heteroatoms. The van der Waals surface area contributed by atoms with Gasteiger partial charge in [-0.25, -0.2) is 4.52 Å². The van der Waals surface area contributed by atoms with E-state index in [9.17, 15) is 9.59 Å². The summed E-state index contributed by atoms with van der Waals surface area (Å²) in [6.45, 7) is 20.1. The molecule has 0 aliphatic carbocycles. The van der Waals surface area contributed by atoms with Crippen molar-refractivity contribution in [3.8, 4) is 0 Å². The van der Waals surface area contributed by atoms with E-state index in [1.165, 1.54) is 4.90 Å². The summed E-state index contributed by atoms with van der Waals surface area (Å²) in [5, 5.41) is -0.251. The molecule has 0 aromatic heterocycles. The van der Waals surface area contributed by atoms with Gasteiger partial charge in [0.2, 0.25) is 0 Å². The van der Waals surface area contributed by atoms with Crippen molar-refractivity contribution in [2.24, 2.45) is 0 Å². The molecule has 2 aliphatic heterocycles. The minimum absolute atomic E-state index is 0. The summed E-state index contributed by atoms with van der Waals surface area (Å²) in [5.74, 6) is -0.598. The van der Waals surface area contributed by atoms with Crippen LogP contribution >= 0.6 is 7.49 Å². The largest absolute Gasteiger partial charge is 0 e. The van der Waals surface area contributed by atoms with E-state index in [-0.39, 0.29) is 34.3 Å². The van der Waals surface area contributed by atoms with E-state index < -0.39 is 7.49 Å². The third kappa shape index (κ3) is 6.77. The van der Waals surface area contributed by atoms with Crippen LogP contribution in [0.3, 0.4) is 0 Å². The Morgan fingerprint density at radius 2 is 0.976 bits per heavy atom. The molecule has 5 rings (SSSR count). The number of rotatable bonds is 4. The van der Waals surface area contributed by atoms with Gasteiger partial charge in [-0.05, 0) is 32.9 Å². The van der Waals surface area contributed by atoms with Crippen molar-refractivity contribution in [3.63, 3.8) is 0 Å². The smallest absolute Gasteiger partial charge is 0 e. The Morgan fingerprint density at radius 3 is 1.29 bits per heavy atom. The zero-order valence-electron chi connectivity index (χ0n) is 23.5. The Balaban J connectivity index is 0.00000119. The van der Waals surface area contributed by atoms with Crippen LogP contribution in [0, 0.1) is 50.2 Å². The summed E-state index contributed by atoms with van der Waals surface area (Å²) < 4.78 is 29.1. The normalized spacial score (nSPS) is 16.2. The predicted octanol–water partition coefficient (Wildman–Crippen LogP) is 6.66. The molecule has 0 bridgehead atoms. The molecule has 2 aliphatic rings. The first kappa shape index (κ1) is 37.0. The fraction of sp³-hybridized carbons (Fsp3) is 0.152. The molecule has 2 heterocycles. The van der Waals surface area contributed by atoms with Crippen molar-refractivity contribution in [1.82, 2.24) is 4.90 Å². The molecule has 1 fully saturated rings. The number of amides is 2. The van der Waals surface area contributed by atoms with Crippen molar-refractivity contribution in [1.29, 1.82) is 0 Å². The molecule has 0 spiro atoms. The monoisotopic (exact) mass is 617 g/mol. The molecule has 1 saturated heterocycles. The van der Waals surface area contributed by atoms with Crippen LogP contribution in [0.25, 0.3) is 0 Å². The van der Waals surface area contributed by atoms with Gasteiger partial charge in [0.15, 0.2) is 18.8 Å². The third-order valence-corrected chi connectivity index (χ3v) is 11.2. The van der Waals surface area contributed by atoms with E-state index >= 15 is 0 Å². The fourth-order valence-corrected chi connectivity index (χ4v) is 9.43. The SMILES string of the molecule is CO[P+]1(C(C)(C)C)[C](c2ccccc2)[CH][C](N2C(=O)c3ccccc3C2=O)[CH][C]1c1ccccc1.[C-]#[O+].[C-]#[O+].[C-]#[O+].[Cr]. The van der Waals surface area contributed by atoms with E-state index in [4.69, 9.17) is 18.5 Å². The Labute approximate surface area is 259 Å². The molecule has 5 radical (unpaired) electrons. The Hall–Kier alpha value is -3.06. The first-order valence-corrected chi connectivity index (χ1v) is 14.0. The molecule has 7 nitrogen and oxygen atoms in total. The van der Waals surface area contributed by atoms with Crippen LogP contribution in [-0.4, -0.2) is 29.0 Å². The predicted molar refractivity (Wildman–Crippen MR) is 152 cm³/mol. The van der Waals surface area contributed by atoms with E-state index in [1.54, 1.807) is 31.4 Å². The van der Waals surface area contributed by atoms with Gasteiger partial charge in [-0.2, -0.15) is 0 Å². The maximum atomic E-state index is 13.4. The molecule has 0 unspecified atom stereocenters. The van der Waals surface area contributed by atoms with Crippen LogP contribution in [0.2, 0.25) is 0 Å². The Bertz CT molecular complexity index is 1290. The van der Waals surface area contributed by atoms with Crippen LogP contribution in [0.5, 0.6) is 0 Å². The van der Waals surface area contributed by atoms with E-state index in [0.29, 0.717) is 17.2 Å². The molecular weight excluding hydrogens is 589 g/mol. The second-order valence-corrected chi connectivity index (χ2v) is 13.6. The van der Waals surface area contributed by atoms with Crippen LogP contribution < -0.4 is 0 Å². The summed E-state index contributed by atoms with van der Waals surface area (Å²) >= 11 is 0. The molecule has 0 atom stereocenters. The van der Waals surface area contributed by atoms with Gasteiger partial charge >= 0.3 is 33.9 Å². The number of hydrogen-bond acceptors (Lipinski definition) is 3. The maximum Gasteiger partial charge on any atom is 0 e. The zero-order valence-corrected chi connectivity index (χ0v) is 25.7. The Morgan fingerprint density at radius 1 is 0.643 bits per heavy atom. The van der Waals surface area contributed by atoms with Crippen molar-refractivity contribution < 1.29 is 45.4 Å². The topological polar surface area (TPSA) is 106 Å². The number of carbonyl (C=O) groups is 2. The summed E-state index contributed by atoms with van der Waals surface area (Å²) in [5.41, 5.74) is 4.94. The quantitative estimate of drug-likeness (QED) is 0.141. The first-order chi connectivity index (χ1) is 19.8. The van der Waals surface area contributed by atoms with Crippen molar-refractivity contribution in [2.45, 2.75) is 25.9 Å². The Kier molecular flexibility index (Phi) is 14.6. The molecule has 2 amide bonds. The molecule has 211 valence electrons. The zero-order chi connectivity index (χ0) is 30.8. The van der Waals surface area contributed by atoms with Gasteiger partial charge < -0.3 is 0 Å². The van der Waals surface area contributed by atoms with Crippen LogP contribution in [-0.2, 0) is 35.8 Å². The standard InChI is InChI=1S/C30H28NO3P.3CO.Cr/c1-30(2,3)35(34-4)26(21-13-7-5-8-14-21)19-23(20-27(35)22-15-9-6-10-16-22)31-28(32)24-17-11-12-18-25(24)29(31)33;3*1-2;/h5-20H,1-4H3;;;;/q+1;;;;. The van der Waals surface area contributed by atoms with Gasteiger partial charge in [0, 0.05) is 41.3 Å². The molecule has 0 N–H and O–H groups in total. The number of carbonyl (C=O) groups excluding carboxylic acids is 2. The first-order valence-electron chi connectivity index (χ1n) is 12.3. The van der Waals surface area contributed by atoms with Gasteiger partial charge in [-0.1, -0.05) is 72.8 Å². The van der Waals surface area contributed by atoms with Gasteiger partial charge in [0.1, 0.15) is 5.16 Å². The minimum atomic E-state index is -2.46. The average Bonchev–Trinajstić information content (AvgIpc) is 3.29. The van der Waals surface area contributed by atoms with Gasteiger partial charge in [-0.3, -0.25) is 14.5 Å². The third-order valence-electron chi connectivity index (χ3n) is 6.66. The van der Waals surface area contributed by atoms with Gasteiger partial charge in [0.05, 0.1) is 24.3 Å². The number of fused-ring (bicyclic) bond motifs is 1. The van der Waals surface area contributed by atoms with E-state index in [2.05, 4.69) is 65.0 Å². The number of hydrogen-bond donors (Lipinski definition) is 0. The average molecular weight is 618 g/mol. The molecule has 0 saturated carbocycles. The minimum Gasteiger partial charge on any atom is 0 e. The summed E-state index contributed by atoms with van der Waals surface area (Å²) in [7, 11) is -0.680. The van der Waals surface area contributed by atoms with Gasteiger partial charge in [0.25, 0.3) is 11.8 Å². The summed E-state index contributed by atoms with van der Waals surface area (Å²) in [6.07, 6.45) is 3.98. The van der Waals surface area contributed by atoms with Crippen molar-refractivity contribution >= 4 is 19.3 Å². The van der Waals surface area contributed by atoms with E-state index in [1.807, 2.05) is 49.2 Å². The second-order valence-electron chi connectivity index (χ2n) is 9.67. The van der Waals surface area contributed by atoms with Gasteiger partial charge in [-0.15, -0.1) is 0 Å². The second kappa shape index (κ2) is 16.5. The fourth-order valence-electron chi connectivity index (χ4n) is 5.13. The van der Waals surface area contributed by atoms with Crippen molar-refractivity contribution in [3.05, 3.63) is 157 Å². The van der Waals surface area contributed by atoms with Crippen molar-refractivity contribution in [2.75, 3.05) is 7.11 Å².